The monoisotopic (exact) mass is 772 g/mol. The van der Waals surface area contributed by atoms with Crippen molar-refractivity contribution in [2.45, 2.75) is 173 Å². The van der Waals surface area contributed by atoms with Crippen LogP contribution in [0.4, 0.5) is 0 Å². The Labute approximate surface area is 342 Å². The fraction of sp³-hybridized carbons (Fsp3) is 0.542. The maximum Gasteiger partial charge on any atom is 4.00 e. The second-order valence-corrected chi connectivity index (χ2v) is 22.3. The molecule has 1 aliphatic rings. The minimum Gasteiger partial charge on any atom is -0.852 e. The van der Waals surface area contributed by atoms with E-state index in [2.05, 4.69) is 158 Å². The molecule has 5 heteroatoms. The van der Waals surface area contributed by atoms with Crippen LogP contribution in [0.25, 0.3) is 0 Å². The third-order valence-corrected chi connectivity index (χ3v) is 14.9. The molecule has 4 rings (SSSR count). The molecule has 3 nitrogen and oxygen atoms in total. The van der Waals surface area contributed by atoms with Crippen molar-refractivity contribution in [3.63, 3.8) is 0 Å². The van der Waals surface area contributed by atoms with Crippen molar-refractivity contribution >= 4 is 23.6 Å². The number of hydrogen-bond donors (Lipinski definition) is 0. The van der Waals surface area contributed by atoms with Crippen molar-refractivity contribution in [1.82, 2.24) is 0 Å². The summed E-state index contributed by atoms with van der Waals surface area (Å²) >= 11 is 0. The predicted molar refractivity (Wildman–Crippen MR) is 225 cm³/mol. The summed E-state index contributed by atoms with van der Waals surface area (Å²) in [6.45, 7) is 42.3. The smallest absolute Gasteiger partial charge is 0.852 e. The first kappa shape index (κ1) is 51.0. The Bertz CT molecular complexity index is 1550. The van der Waals surface area contributed by atoms with E-state index in [1.807, 2.05) is 0 Å². The van der Waals surface area contributed by atoms with E-state index < -0.39 is 26.4 Å². The van der Waals surface area contributed by atoms with Gasteiger partial charge in [0.25, 0.3) is 0 Å². The number of benzene rings is 3. The molecule has 1 aliphatic carbocycles. The summed E-state index contributed by atoms with van der Waals surface area (Å²) in [7, 11) is -2.80. The van der Waals surface area contributed by atoms with E-state index in [0.717, 1.165) is 0 Å². The molecule has 0 bridgehead atoms. The normalized spacial score (nSPS) is 15.9. The molecule has 0 radical (unpaired) electrons. The number of rotatable bonds is 4. The van der Waals surface area contributed by atoms with Crippen LogP contribution in [0, 0.1) is 33.8 Å². The van der Waals surface area contributed by atoms with Crippen LogP contribution in [-0.4, -0.2) is 26.4 Å². The molecule has 0 spiro atoms. The SMILES string of the molecule is CC(C)[O-].CC(C)[O-].CC(C)[O-].CC1=[C-]C(C)([Si](c2cc(C)cc(C)c2)(c2cc(C)cc(C)c2)c2cc(C(C)(C)C)cc(C(C)(C)C)c2)C(C)=C1C.[Ti+4]. The Hall–Kier alpha value is -2.05. The van der Waals surface area contributed by atoms with Crippen LogP contribution >= 0.6 is 0 Å². The van der Waals surface area contributed by atoms with Gasteiger partial charge in [0.05, 0.1) is 0 Å². The zero-order valence-corrected chi connectivity index (χ0v) is 39.7. The van der Waals surface area contributed by atoms with E-state index in [-0.39, 0.29) is 37.6 Å². The molecule has 0 fully saturated rings. The molecule has 290 valence electrons. The Kier molecular flexibility index (Phi) is 19.4. The molecule has 53 heavy (non-hydrogen) atoms. The Morgan fingerprint density at radius 3 is 1.00 bits per heavy atom. The molecule has 0 amide bonds. The van der Waals surface area contributed by atoms with E-state index in [9.17, 15) is 15.3 Å². The molecule has 0 saturated heterocycles. The van der Waals surface area contributed by atoms with E-state index in [4.69, 9.17) is 0 Å². The van der Waals surface area contributed by atoms with Gasteiger partial charge in [-0.2, -0.15) is 11.1 Å². The van der Waals surface area contributed by atoms with Gasteiger partial charge < -0.3 is 15.3 Å². The summed E-state index contributed by atoms with van der Waals surface area (Å²) in [5, 5.41) is 32.8. The summed E-state index contributed by atoms with van der Waals surface area (Å²) in [4.78, 5) is 0. The number of aryl methyl sites for hydroxylation is 4. The van der Waals surface area contributed by atoms with Gasteiger partial charge in [0.1, 0.15) is 8.07 Å². The first-order chi connectivity index (χ1) is 23.5. The summed E-state index contributed by atoms with van der Waals surface area (Å²) in [6, 6.07) is 22.3. The molecule has 0 saturated carbocycles. The van der Waals surface area contributed by atoms with Crippen molar-refractivity contribution < 1.29 is 37.0 Å². The van der Waals surface area contributed by atoms with Crippen LogP contribution in [0.3, 0.4) is 0 Å². The van der Waals surface area contributed by atoms with Crippen molar-refractivity contribution in [2.24, 2.45) is 0 Å². The Morgan fingerprint density at radius 1 is 0.509 bits per heavy atom. The second-order valence-electron chi connectivity index (χ2n) is 18.1. The van der Waals surface area contributed by atoms with Gasteiger partial charge >= 0.3 is 21.7 Å². The molecular formula is C48H72O3SiTi. The molecule has 0 aliphatic heterocycles. The minimum atomic E-state index is -2.80. The summed E-state index contributed by atoms with van der Waals surface area (Å²) < 4.78 is 0. The molecule has 0 aromatic heterocycles. The fourth-order valence-electron chi connectivity index (χ4n) is 7.05. The summed E-state index contributed by atoms with van der Waals surface area (Å²) in [5.74, 6) is 0. The van der Waals surface area contributed by atoms with Gasteiger partial charge in [-0.25, -0.2) is 5.57 Å². The van der Waals surface area contributed by atoms with Crippen molar-refractivity contribution in [2.75, 3.05) is 0 Å². The van der Waals surface area contributed by atoms with Gasteiger partial charge in [0.2, 0.25) is 0 Å². The zero-order valence-electron chi connectivity index (χ0n) is 37.2. The van der Waals surface area contributed by atoms with Crippen molar-refractivity contribution in [1.29, 1.82) is 0 Å². The Balaban J connectivity index is 0.00000182. The molecule has 3 aromatic carbocycles. The maximum atomic E-state index is 9.53. The molecule has 0 heterocycles. The van der Waals surface area contributed by atoms with Crippen molar-refractivity contribution in [3.8, 4) is 0 Å². The Morgan fingerprint density at radius 2 is 0.774 bits per heavy atom. The standard InChI is InChI=1S/C39H51Si.3C3H7O.Ti/c1-25-15-26(2)18-34(17-25)40(35-19-27(3)16-28(4)20-35,39(14)24-29(5)30(6)31(39)7)36-22-32(37(8,9)10)21-33(23-36)38(11,12)13;3*1-3(2)4;/h15-23H,1-14H3;3*3H,1-2H3;/q4*-1;+4. The average molecular weight is 773 g/mol. The van der Waals surface area contributed by atoms with E-state index in [1.54, 1.807) is 41.5 Å². The maximum absolute atomic E-state index is 9.53. The van der Waals surface area contributed by atoms with E-state index in [0.29, 0.717) is 0 Å². The van der Waals surface area contributed by atoms with Crippen LogP contribution in [0.2, 0.25) is 5.04 Å². The fourth-order valence-corrected chi connectivity index (χ4v) is 13.4. The van der Waals surface area contributed by atoms with Crippen LogP contribution in [0.5, 0.6) is 0 Å². The van der Waals surface area contributed by atoms with Gasteiger partial charge in [-0.3, -0.25) is 6.08 Å². The minimum absolute atomic E-state index is 0. The van der Waals surface area contributed by atoms with Crippen molar-refractivity contribution in [3.05, 3.63) is 111 Å². The molecule has 0 N–H and O–H groups in total. The number of hydrogen-bond acceptors (Lipinski definition) is 3. The van der Waals surface area contributed by atoms with E-state index >= 15 is 0 Å². The van der Waals surface area contributed by atoms with Crippen LogP contribution in [-0.2, 0) is 32.5 Å². The molecule has 3 aromatic rings. The summed E-state index contributed by atoms with van der Waals surface area (Å²) in [5.41, 5.74) is 12.4. The van der Waals surface area contributed by atoms with Gasteiger partial charge in [-0.05, 0) is 65.2 Å². The second kappa shape index (κ2) is 20.2. The topological polar surface area (TPSA) is 69.2 Å². The largest absolute Gasteiger partial charge is 4.00 e. The van der Waals surface area contributed by atoms with Crippen LogP contribution < -0.4 is 30.9 Å². The predicted octanol–water partition coefficient (Wildman–Crippen LogP) is 8.11. The quantitative estimate of drug-likeness (QED) is 0.153. The molecule has 1 atom stereocenters. The van der Waals surface area contributed by atoms with Gasteiger partial charge in [0.15, 0.2) is 0 Å². The molecule has 1 unspecified atom stereocenters. The van der Waals surface area contributed by atoms with E-state index in [1.165, 1.54) is 65.7 Å². The zero-order chi connectivity index (χ0) is 40.7. The van der Waals surface area contributed by atoms with Gasteiger partial charge in [-0.1, -0.05) is 186 Å². The first-order valence-corrected chi connectivity index (χ1v) is 21.1. The third-order valence-electron chi connectivity index (χ3n) is 9.47. The van der Waals surface area contributed by atoms with Gasteiger partial charge in [0, 0.05) is 0 Å². The average Bonchev–Trinajstić information content (AvgIpc) is 3.13. The van der Waals surface area contributed by atoms with Crippen LogP contribution in [0.1, 0.15) is 144 Å². The molecular weight excluding hydrogens is 700 g/mol. The first-order valence-electron chi connectivity index (χ1n) is 19.1. The third kappa shape index (κ3) is 13.6. The van der Waals surface area contributed by atoms with Crippen LogP contribution in [0.15, 0.2) is 71.3 Å². The van der Waals surface area contributed by atoms with Gasteiger partial charge in [-0.15, -0.1) is 25.2 Å². The summed E-state index contributed by atoms with van der Waals surface area (Å²) in [6.07, 6.45) is 2.91. The number of allylic oxidation sites excluding steroid dienone is 4.